The van der Waals surface area contributed by atoms with Crippen molar-refractivity contribution in [3.8, 4) is 0 Å². The topological polar surface area (TPSA) is 40.1 Å². The van der Waals surface area contributed by atoms with Crippen LogP contribution in [0.2, 0.25) is 0 Å². The first-order valence-electron chi connectivity index (χ1n) is 18.5. The van der Waals surface area contributed by atoms with Crippen molar-refractivity contribution >= 4 is 5.97 Å². The Kier molecular flexibility index (Phi) is 36.0. The molecule has 0 spiro atoms. The summed E-state index contributed by atoms with van der Waals surface area (Å²) >= 11 is 0. The molecule has 0 amide bonds. The largest absolute Gasteiger partial charge is 0.550 e. The van der Waals surface area contributed by atoms with Crippen LogP contribution < -0.4 is 5.11 Å². The fourth-order valence-electron chi connectivity index (χ4n) is 5.74. The molecule has 0 aromatic rings. The lowest BCUT2D eigenvalue weighted by molar-refractivity contribution is -0.910. The molecule has 0 atom stereocenters. The van der Waals surface area contributed by atoms with Crippen LogP contribution in [0.1, 0.15) is 207 Å². The van der Waals surface area contributed by atoms with Gasteiger partial charge in [-0.05, 0) is 51.4 Å². The van der Waals surface area contributed by atoms with Crippen molar-refractivity contribution < 1.29 is 14.4 Å². The molecule has 40 heavy (non-hydrogen) atoms. The monoisotopic (exact) mass is 568 g/mol. The van der Waals surface area contributed by atoms with Gasteiger partial charge in [-0.1, -0.05) is 156 Å². The highest BCUT2D eigenvalue weighted by molar-refractivity contribution is 5.64. The molecule has 0 fully saturated rings. The number of carboxylic acid groups (broad SMARTS) is 1. The van der Waals surface area contributed by atoms with E-state index in [1.54, 1.807) is 0 Å². The minimum absolute atomic E-state index is 0.232. The standard InChI is InChI=1S/C25H54N.C12H24O2/c1-5-8-11-14-17-20-23-26(4,24-21-18-15-12-9-6-2)25-22-19-16-13-10-7-3;1-2-3-4-5-6-7-8-9-10-11-12(13)14/h5-25H2,1-4H3;2-11H2,1H3,(H,13,14)/q+1;/p-1. The van der Waals surface area contributed by atoms with Crippen molar-refractivity contribution in [3.05, 3.63) is 0 Å². The van der Waals surface area contributed by atoms with Gasteiger partial charge in [0.1, 0.15) is 0 Å². The van der Waals surface area contributed by atoms with Crippen LogP contribution in [0.4, 0.5) is 0 Å². The predicted molar refractivity (Wildman–Crippen MR) is 178 cm³/mol. The lowest BCUT2D eigenvalue weighted by atomic mass is 10.1. The van der Waals surface area contributed by atoms with Crippen molar-refractivity contribution in [3.63, 3.8) is 0 Å². The van der Waals surface area contributed by atoms with Gasteiger partial charge in [-0.25, -0.2) is 0 Å². The summed E-state index contributed by atoms with van der Waals surface area (Å²) < 4.78 is 1.36. The van der Waals surface area contributed by atoms with E-state index in [9.17, 15) is 9.90 Å². The summed E-state index contributed by atoms with van der Waals surface area (Å²) in [4.78, 5) is 10.1. The molecule has 3 nitrogen and oxygen atoms in total. The van der Waals surface area contributed by atoms with E-state index in [0.29, 0.717) is 0 Å². The zero-order chi connectivity index (χ0) is 30.0. The number of rotatable bonds is 31. The molecule has 0 bridgehead atoms. The molecule has 0 aliphatic carbocycles. The molecule has 0 aliphatic rings. The maximum atomic E-state index is 10.1. The Morgan fingerprint density at radius 2 is 0.625 bits per heavy atom. The van der Waals surface area contributed by atoms with E-state index in [1.165, 1.54) is 185 Å². The van der Waals surface area contributed by atoms with E-state index in [2.05, 4.69) is 34.7 Å². The Balaban J connectivity index is 0. The van der Waals surface area contributed by atoms with Gasteiger partial charge in [-0.2, -0.15) is 0 Å². The van der Waals surface area contributed by atoms with Gasteiger partial charge in [0.25, 0.3) is 0 Å². The molecule has 0 aromatic carbocycles. The van der Waals surface area contributed by atoms with Crippen molar-refractivity contribution in [1.82, 2.24) is 0 Å². The number of quaternary nitrogens is 1. The van der Waals surface area contributed by atoms with Crippen molar-refractivity contribution in [2.45, 2.75) is 207 Å². The first-order chi connectivity index (χ1) is 19.5. The van der Waals surface area contributed by atoms with Crippen molar-refractivity contribution in [2.24, 2.45) is 0 Å². The average Bonchev–Trinajstić information content (AvgIpc) is 2.94. The van der Waals surface area contributed by atoms with E-state index in [1.807, 2.05) is 0 Å². The molecule has 0 saturated carbocycles. The Bertz CT molecular complexity index is 438. The van der Waals surface area contributed by atoms with Crippen LogP contribution in [0, 0.1) is 0 Å². The predicted octanol–water partition coefficient (Wildman–Crippen LogP) is 11.2. The number of hydrogen-bond acceptors (Lipinski definition) is 2. The zero-order valence-electron chi connectivity index (χ0n) is 28.7. The second-order valence-corrected chi connectivity index (χ2v) is 13.0. The van der Waals surface area contributed by atoms with E-state index in [0.717, 1.165) is 12.8 Å². The van der Waals surface area contributed by atoms with Gasteiger partial charge in [0, 0.05) is 5.97 Å². The Hall–Kier alpha value is -0.570. The van der Waals surface area contributed by atoms with Gasteiger partial charge < -0.3 is 14.4 Å². The molecule has 242 valence electrons. The molecule has 0 heterocycles. The number of unbranched alkanes of at least 4 members (excludes halogenated alkanes) is 23. The van der Waals surface area contributed by atoms with Crippen LogP contribution in [0.3, 0.4) is 0 Å². The number of hydrogen-bond donors (Lipinski definition) is 0. The van der Waals surface area contributed by atoms with Gasteiger partial charge in [0.05, 0.1) is 26.7 Å². The lowest BCUT2D eigenvalue weighted by Gasteiger charge is -2.35. The van der Waals surface area contributed by atoms with Crippen LogP contribution in [0.5, 0.6) is 0 Å². The number of carbonyl (C=O) groups is 1. The number of aliphatic carboxylic acids is 1. The molecule has 0 rings (SSSR count). The quantitative estimate of drug-likeness (QED) is 0.0617. The van der Waals surface area contributed by atoms with Crippen LogP contribution in [0.15, 0.2) is 0 Å². The normalized spacial score (nSPS) is 11.4. The molecular formula is C37H77NO2. The summed E-state index contributed by atoms with van der Waals surface area (Å²) in [6.07, 6.45) is 37.0. The van der Waals surface area contributed by atoms with Crippen LogP contribution >= 0.6 is 0 Å². The molecule has 0 unspecified atom stereocenters. The van der Waals surface area contributed by atoms with E-state index < -0.39 is 5.97 Å². The Labute approximate surface area is 254 Å². The molecule has 0 radical (unpaired) electrons. The molecule has 0 N–H and O–H groups in total. The molecule has 3 heteroatoms. The molecule has 0 saturated heterocycles. The van der Waals surface area contributed by atoms with Gasteiger partial charge in [0.2, 0.25) is 0 Å². The smallest absolute Gasteiger partial charge is 0.0784 e. The zero-order valence-corrected chi connectivity index (χ0v) is 28.7. The second kappa shape index (κ2) is 34.6. The van der Waals surface area contributed by atoms with E-state index >= 15 is 0 Å². The van der Waals surface area contributed by atoms with Gasteiger partial charge in [-0.15, -0.1) is 0 Å². The van der Waals surface area contributed by atoms with Gasteiger partial charge >= 0.3 is 0 Å². The minimum atomic E-state index is -0.909. The average molecular weight is 568 g/mol. The maximum absolute atomic E-state index is 10.1. The SMILES string of the molecule is CCCCCCCCCCCC(=O)[O-].CCCCCCCC[N+](C)(CCCCCCCC)CCCCCCCC. The van der Waals surface area contributed by atoms with E-state index in [-0.39, 0.29) is 6.42 Å². The number of carboxylic acids is 1. The maximum Gasteiger partial charge on any atom is 0.0784 e. The Morgan fingerprint density at radius 1 is 0.400 bits per heavy atom. The fourth-order valence-corrected chi connectivity index (χ4v) is 5.74. The first-order valence-corrected chi connectivity index (χ1v) is 18.5. The van der Waals surface area contributed by atoms with Crippen LogP contribution in [-0.2, 0) is 4.79 Å². The highest BCUT2D eigenvalue weighted by atomic mass is 16.4. The Morgan fingerprint density at radius 3 is 0.875 bits per heavy atom. The van der Waals surface area contributed by atoms with Gasteiger partial charge in [0.15, 0.2) is 0 Å². The minimum Gasteiger partial charge on any atom is -0.550 e. The lowest BCUT2D eigenvalue weighted by Crippen LogP contribution is -2.46. The van der Waals surface area contributed by atoms with E-state index in [4.69, 9.17) is 0 Å². The van der Waals surface area contributed by atoms with Crippen molar-refractivity contribution in [2.75, 3.05) is 26.7 Å². The highest BCUT2D eigenvalue weighted by Gasteiger charge is 2.20. The summed E-state index contributed by atoms with van der Waals surface area (Å²) in [5.74, 6) is -0.909. The summed E-state index contributed by atoms with van der Waals surface area (Å²) in [6.45, 7) is 13.4. The second-order valence-electron chi connectivity index (χ2n) is 13.0. The van der Waals surface area contributed by atoms with Gasteiger partial charge in [-0.3, -0.25) is 0 Å². The van der Waals surface area contributed by atoms with Crippen LogP contribution in [0.25, 0.3) is 0 Å². The van der Waals surface area contributed by atoms with Crippen LogP contribution in [-0.4, -0.2) is 37.1 Å². The number of carbonyl (C=O) groups excluding carboxylic acids is 1. The first kappa shape index (κ1) is 41.6. The van der Waals surface area contributed by atoms with Crippen molar-refractivity contribution in [1.29, 1.82) is 0 Å². The third-order valence-corrected chi connectivity index (χ3v) is 8.64. The fraction of sp³-hybridized carbons (Fsp3) is 0.973. The third kappa shape index (κ3) is 35.5. The third-order valence-electron chi connectivity index (χ3n) is 8.64. The molecular weight excluding hydrogens is 490 g/mol. The number of nitrogens with zero attached hydrogens (tertiary/aromatic N) is 1. The molecule has 0 aliphatic heterocycles. The highest BCUT2D eigenvalue weighted by Crippen LogP contribution is 2.16. The molecule has 0 aromatic heterocycles. The summed E-state index contributed by atoms with van der Waals surface area (Å²) in [5.41, 5.74) is 0. The summed E-state index contributed by atoms with van der Waals surface area (Å²) in [6, 6.07) is 0. The summed E-state index contributed by atoms with van der Waals surface area (Å²) in [5, 5.41) is 10.1. The summed E-state index contributed by atoms with van der Waals surface area (Å²) in [7, 11) is 2.56.